The Morgan fingerprint density at radius 2 is 1.94 bits per heavy atom. The summed E-state index contributed by atoms with van der Waals surface area (Å²) in [5.41, 5.74) is 1.24. The third-order valence-electron chi connectivity index (χ3n) is 6.26. The van der Waals surface area contributed by atoms with Crippen molar-refractivity contribution in [2.24, 2.45) is 0 Å². The van der Waals surface area contributed by atoms with E-state index in [9.17, 15) is 13.6 Å². The number of nitrogens with one attached hydrogen (secondary N) is 1. The van der Waals surface area contributed by atoms with Gasteiger partial charge in [0.2, 0.25) is 0 Å². The Bertz CT molecular complexity index is 1140. The van der Waals surface area contributed by atoms with E-state index in [1.165, 1.54) is 18.2 Å². The second-order valence-electron chi connectivity index (χ2n) is 8.83. The third kappa shape index (κ3) is 5.97. The van der Waals surface area contributed by atoms with Crippen LogP contribution in [0.1, 0.15) is 47.9 Å². The standard InChI is InChI=1S/C26H32F2N4O3/c1-3-4-7-19(16-31-12-14-34-15-13-31)30-26(33)24-18(2)29-25-23(10-6-11-32(24)25)35-17-20-21(27)8-5-9-22(20)28/h5-6,8-11,19H,3-4,7,12-17H2,1-2H3,(H,30,33)/t19-/m1/s1. The molecule has 1 N–H and O–H groups in total. The zero-order valence-corrected chi connectivity index (χ0v) is 20.2. The number of unbranched alkanes of at least 4 members (excludes halogenated alkanes) is 1. The molecule has 2 aromatic heterocycles. The quantitative estimate of drug-likeness (QED) is 0.467. The van der Waals surface area contributed by atoms with E-state index in [4.69, 9.17) is 9.47 Å². The molecule has 1 aliphatic rings. The Hall–Kier alpha value is -3.04. The van der Waals surface area contributed by atoms with E-state index < -0.39 is 11.6 Å². The summed E-state index contributed by atoms with van der Waals surface area (Å²) in [5, 5.41) is 3.20. The molecule has 3 heterocycles. The molecule has 7 nitrogen and oxygen atoms in total. The van der Waals surface area contributed by atoms with Crippen LogP contribution >= 0.6 is 0 Å². The van der Waals surface area contributed by atoms with Gasteiger partial charge in [-0.3, -0.25) is 14.1 Å². The van der Waals surface area contributed by atoms with Gasteiger partial charge in [0.05, 0.1) is 24.5 Å². The van der Waals surface area contributed by atoms with Crippen molar-refractivity contribution in [1.82, 2.24) is 19.6 Å². The molecule has 0 spiro atoms. The van der Waals surface area contributed by atoms with E-state index in [1.807, 2.05) is 0 Å². The second kappa shape index (κ2) is 11.6. The number of aromatic nitrogens is 2. The molecular formula is C26H32F2N4O3. The lowest BCUT2D eigenvalue weighted by Gasteiger charge is -2.31. The number of rotatable bonds is 10. The molecule has 1 atom stereocenters. The molecule has 1 aliphatic heterocycles. The fraction of sp³-hybridized carbons (Fsp3) is 0.462. The lowest BCUT2D eigenvalue weighted by atomic mass is 10.1. The highest BCUT2D eigenvalue weighted by Crippen LogP contribution is 2.24. The first kappa shape index (κ1) is 25.1. The molecule has 9 heteroatoms. The van der Waals surface area contributed by atoms with Gasteiger partial charge in [-0.15, -0.1) is 0 Å². The van der Waals surface area contributed by atoms with Crippen LogP contribution in [0.5, 0.6) is 5.75 Å². The molecule has 188 valence electrons. The summed E-state index contributed by atoms with van der Waals surface area (Å²) in [5.74, 6) is -1.21. The summed E-state index contributed by atoms with van der Waals surface area (Å²) >= 11 is 0. The molecule has 1 aromatic carbocycles. The molecular weight excluding hydrogens is 454 g/mol. The summed E-state index contributed by atoms with van der Waals surface area (Å²) in [4.78, 5) is 20.2. The highest BCUT2D eigenvalue weighted by molar-refractivity contribution is 5.95. The molecule has 0 saturated carbocycles. The van der Waals surface area contributed by atoms with Crippen LogP contribution < -0.4 is 10.1 Å². The number of hydrogen-bond acceptors (Lipinski definition) is 5. The number of carbonyl (C=O) groups is 1. The van der Waals surface area contributed by atoms with Crippen molar-refractivity contribution in [1.29, 1.82) is 0 Å². The van der Waals surface area contributed by atoms with E-state index in [2.05, 4.69) is 22.1 Å². The van der Waals surface area contributed by atoms with Crippen molar-refractivity contribution in [3.05, 3.63) is 65.1 Å². The molecule has 35 heavy (non-hydrogen) atoms. The Morgan fingerprint density at radius 1 is 1.20 bits per heavy atom. The van der Waals surface area contributed by atoms with Crippen molar-refractivity contribution in [3.8, 4) is 5.75 Å². The van der Waals surface area contributed by atoms with Crippen LogP contribution in [0.2, 0.25) is 0 Å². The van der Waals surface area contributed by atoms with Gasteiger partial charge < -0.3 is 14.8 Å². The fourth-order valence-electron chi connectivity index (χ4n) is 4.37. The highest BCUT2D eigenvalue weighted by Gasteiger charge is 2.23. The van der Waals surface area contributed by atoms with Gasteiger partial charge in [-0.1, -0.05) is 25.8 Å². The Kier molecular flexibility index (Phi) is 8.30. The number of benzene rings is 1. The van der Waals surface area contributed by atoms with Crippen molar-refractivity contribution >= 4 is 11.6 Å². The van der Waals surface area contributed by atoms with Crippen molar-refractivity contribution < 1.29 is 23.0 Å². The number of ether oxygens (including phenoxy) is 2. The zero-order valence-electron chi connectivity index (χ0n) is 20.2. The first-order valence-electron chi connectivity index (χ1n) is 12.1. The number of fused-ring (bicyclic) bond motifs is 1. The number of hydrogen-bond donors (Lipinski definition) is 1. The Labute approximate surface area is 204 Å². The highest BCUT2D eigenvalue weighted by atomic mass is 19.1. The first-order valence-corrected chi connectivity index (χ1v) is 12.1. The van der Waals surface area contributed by atoms with Gasteiger partial charge in [-0.25, -0.2) is 13.8 Å². The SMILES string of the molecule is CCCC[C@H](CN1CCOCC1)NC(=O)c1c(C)nc2c(OCc3c(F)cccc3F)cccn12. The van der Waals surface area contributed by atoms with Crippen LogP contribution in [0.3, 0.4) is 0 Å². The summed E-state index contributed by atoms with van der Waals surface area (Å²) in [7, 11) is 0. The maximum Gasteiger partial charge on any atom is 0.270 e. The van der Waals surface area contributed by atoms with Crippen LogP contribution in [-0.2, 0) is 11.3 Å². The molecule has 4 rings (SSSR count). The van der Waals surface area contributed by atoms with E-state index in [1.54, 1.807) is 29.7 Å². The topological polar surface area (TPSA) is 68.1 Å². The van der Waals surface area contributed by atoms with Gasteiger partial charge >= 0.3 is 0 Å². The summed E-state index contributed by atoms with van der Waals surface area (Å²) < 4.78 is 40.9. The maximum absolute atomic E-state index is 14.0. The molecule has 1 fully saturated rings. The maximum atomic E-state index is 14.0. The van der Waals surface area contributed by atoms with Gasteiger partial charge in [0.25, 0.3) is 5.91 Å². The van der Waals surface area contributed by atoms with Gasteiger partial charge in [0.1, 0.15) is 23.9 Å². The lowest BCUT2D eigenvalue weighted by molar-refractivity contribution is 0.0328. The number of morpholine rings is 1. The van der Waals surface area contributed by atoms with Gasteiger partial charge in [0, 0.05) is 31.9 Å². The first-order chi connectivity index (χ1) is 17.0. The van der Waals surface area contributed by atoms with Crippen LogP contribution in [0.15, 0.2) is 36.5 Å². The fourth-order valence-corrected chi connectivity index (χ4v) is 4.37. The number of carbonyl (C=O) groups excluding carboxylic acids is 1. The number of halogens is 2. The van der Waals surface area contributed by atoms with Crippen molar-refractivity contribution in [2.45, 2.75) is 45.8 Å². The number of amides is 1. The lowest BCUT2D eigenvalue weighted by Crippen LogP contribution is -2.47. The van der Waals surface area contributed by atoms with Crippen LogP contribution in [0.4, 0.5) is 8.78 Å². The minimum Gasteiger partial charge on any atom is -0.485 e. The molecule has 0 radical (unpaired) electrons. The van der Waals surface area contributed by atoms with Gasteiger partial charge in [0.15, 0.2) is 11.4 Å². The van der Waals surface area contributed by atoms with E-state index in [-0.39, 0.29) is 24.1 Å². The zero-order chi connectivity index (χ0) is 24.8. The molecule has 3 aromatic rings. The normalized spacial score (nSPS) is 15.3. The Morgan fingerprint density at radius 3 is 2.66 bits per heavy atom. The van der Waals surface area contributed by atoms with Crippen LogP contribution in [0.25, 0.3) is 5.65 Å². The predicted molar refractivity (Wildman–Crippen MR) is 129 cm³/mol. The minimum atomic E-state index is -0.671. The molecule has 0 aliphatic carbocycles. The largest absolute Gasteiger partial charge is 0.485 e. The smallest absolute Gasteiger partial charge is 0.270 e. The average molecular weight is 487 g/mol. The third-order valence-corrected chi connectivity index (χ3v) is 6.26. The number of imidazole rings is 1. The Balaban J connectivity index is 1.53. The van der Waals surface area contributed by atoms with Gasteiger partial charge in [-0.05, 0) is 37.6 Å². The monoisotopic (exact) mass is 486 g/mol. The minimum absolute atomic E-state index is 0.00830. The summed E-state index contributed by atoms with van der Waals surface area (Å²) in [6.07, 6.45) is 4.70. The molecule has 1 amide bonds. The van der Waals surface area contributed by atoms with E-state index in [0.29, 0.717) is 36.0 Å². The predicted octanol–water partition coefficient (Wildman–Crippen LogP) is 4.12. The molecule has 0 bridgehead atoms. The van der Waals surface area contributed by atoms with Crippen molar-refractivity contribution in [2.75, 3.05) is 32.8 Å². The van der Waals surface area contributed by atoms with E-state index >= 15 is 0 Å². The molecule has 0 unspecified atom stereocenters. The van der Waals surface area contributed by atoms with E-state index in [0.717, 1.165) is 38.9 Å². The van der Waals surface area contributed by atoms with Crippen LogP contribution in [-0.4, -0.2) is 59.1 Å². The number of aryl methyl sites for hydroxylation is 1. The number of pyridine rings is 1. The van der Waals surface area contributed by atoms with Gasteiger partial charge in [-0.2, -0.15) is 0 Å². The van der Waals surface area contributed by atoms with Crippen molar-refractivity contribution in [3.63, 3.8) is 0 Å². The second-order valence-corrected chi connectivity index (χ2v) is 8.83. The average Bonchev–Trinajstić information content (AvgIpc) is 3.19. The summed E-state index contributed by atoms with van der Waals surface area (Å²) in [6.45, 7) is 7.52. The summed E-state index contributed by atoms with van der Waals surface area (Å²) in [6, 6.07) is 7.09. The van der Waals surface area contributed by atoms with Crippen LogP contribution in [0, 0.1) is 18.6 Å². The number of nitrogens with zero attached hydrogens (tertiary/aromatic N) is 3. The molecule has 1 saturated heterocycles.